The highest BCUT2D eigenvalue weighted by Crippen LogP contribution is 2.31. The van der Waals surface area contributed by atoms with Gasteiger partial charge in [-0.3, -0.25) is 9.36 Å². The summed E-state index contributed by atoms with van der Waals surface area (Å²) in [6.07, 6.45) is 1.95. The molecule has 1 saturated heterocycles. The van der Waals surface area contributed by atoms with Gasteiger partial charge in [-0.25, -0.2) is 9.78 Å². The minimum Gasteiger partial charge on any atom is -0.462 e. The number of hydrogen-bond donors (Lipinski definition) is 0. The molecular weight excluding hydrogens is 432 g/mol. The number of benzene rings is 1. The van der Waals surface area contributed by atoms with Crippen LogP contribution in [0.25, 0.3) is 10.2 Å². The first-order valence-corrected chi connectivity index (χ1v) is 12.3. The molecule has 1 aliphatic rings. The second kappa shape index (κ2) is 9.54. The molecule has 0 radical (unpaired) electrons. The highest BCUT2D eigenvalue weighted by Gasteiger charge is 2.25. The van der Waals surface area contributed by atoms with E-state index in [1.807, 2.05) is 12.1 Å². The molecule has 31 heavy (non-hydrogen) atoms. The first-order chi connectivity index (χ1) is 15.0. The van der Waals surface area contributed by atoms with Crippen molar-refractivity contribution < 1.29 is 14.3 Å². The van der Waals surface area contributed by atoms with E-state index in [0.29, 0.717) is 44.7 Å². The lowest BCUT2D eigenvalue weighted by molar-refractivity contribution is 0.0531. The molecule has 1 aromatic carbocycles. The van der Waals surface area contributed by atoms with Crippen LogP contribution < -0.4 is 5.56 Å². The number of thioether (sulfide) groups is 1. The van der Waals surface area contributed by atoms with Gasteiger partial charge in [-0.05, 0) is 50.3 Å². The Kier molecular flexibility index (Phi) is 6.79. The Balaban J connectivity index is 1.77. The lowest BCUT2D eigenvalue weighted by atomic mass is 10.1. The van der Waals surface area contributed by atoms with Crippen LogP contribution in [0.3, 0.4) is 0 Å². The number of esters is 1. The van der Waals surface area contributed by atoms with E-state index in [4.69, 9.17) is 14.5 Å². The molecule has 6 nitrogen and oxygen atoms in total. The molecule has 0 bridgehead atoms. The third kappa shape index (κ3) is 4.56. The Bertz CT molecular complexity index is 1160. The normalized spacial score (nSPS) is 16.2. The number of fused-ring (bicyclic) bond motifs is 1. The van der Waals surface area contributed by atoms with Crippen molar-refractivity contribution >= 4 is 39.3 Å². The molecule has 0 unspecified atom stereocenters. The molecule has 1 atom stereocenters. The number of ether oxygens (including phenoxy) is 2. The van der Waals surface area contributed by atoms with E-state index in [-0.39, 0.29) is 11.7 Å². The molecule has 8 heteroatoms. The van der Waals surface area contributed by atoms with Crippen molar-refractivity contribution in [1.29, 1.82) is 0 Å². The van der Waals surface area contributed by atoms with Gasteiger partial charge in [0.2, 0.25) is 0 Å². The lowest BCUT2D eigenvalue weighted by Gasteiger charge is -2.16. The van der Waals surface area contributed by atoms with Crippen LogP contribution in [-0.2, 0) is 21.8 Å². The summed E-state index contributed by atoms with van der Waals surface area (Å²) in [6, 6.07) is 8.22. The second-order valence-electron chi connectivity index (χ2n) is 7.62. The Morgan fingerprint density at radius 2 is 2.16 bits per heavy atom. The number of hydrogen-bond acceptors (Lipinski definition) is 7. The summed E-state index contributed by atoms with van der Waals surface area (Å²) in [5, 5.41) is 1.17. The van der Waals surface area contributed by atoms with Crippen molar-refractivity contribution in [1.82, 2.24) is 9.55 Å². The Labute approximate surface area is 189 Å². The van der Waals surface area contributed by atoms with Crippen molar-refractivity contribution in [2.75, 3.05) is 13.2 Å². The molecule has 0 saturated carbocycles. The van der Waals surface area contributed by atoms with Crippen molar-refractivity contribution in [2.24, 2.45) is 0 Å². The summed E-state index contributed by atoms with van der Waals surface area (Å²) in [6.45, 7) is 7.15. The maximum atomic E-state index is 13.5. The number of aryl methyl sites for hydroxylation is 2. The largest absolute Gasteiger partial charge is 0.462 e. The van der Waals surface area contributed by atoms with E-state index < -0.39 is 5.97 Å². The molecule has 1 fully saturated rings. The van der Waals surface area contributed by atoms with E-state index >= 15 is 0 Å². The molecule has 3 heterocycles. The van der Waals surface area contributed by atoms with Crippen molar-refractivity contribution in [2.45, 2.75) is 57.2 Å². The Morgan fingerprint density at radius 1 is 1.35 bits per heavy atom. The minimum atomic E-state index is -0.401. The first kappa shape index (κ1) is 22.0. The standard InChI is InChI=1S/C23H26N2O4S2/c1-4-28-22(27)19-15(3)18-20(31-19)24-23(30-13-16-9-6-5-8-14(16)2)25(21(18)26)12-17-10-7-11-29-17/h5-6,8-9,17H,4,7,10-13H2,1-3H3/t17-/m0/s1. The quantitative estimate of drug-likeness (QED) is 0.290. The zero-order valence-corrected chi connectivity index (χ0v) is 19.6. The van der Waals surface area contributed by atoms with E-state index in [2.05, 4.69) is 19.1 Å². The van der Waals surface area contributed by atoms with Crippen LogP contribution in [0.5, 0.6) is 0 Å². The minimum absolute atomic E-state index is 0.0123. The smallest absolute Gasteiger partial charge is 0.348 e. The highest BCUT2D eigenvalue weighted by atomic mass is 32.2. The van der Waals surface area contributed by atoms with Gasteiger partial charge < -0.3 is 9.47 Å². The fraction of sp³-hybridized carbons (Fsp3) is 0.435. The molecule has 0 N–H and O–H groups in total. The second-order valence-corrected chi connectivity index (χ2v) is 9.56. The van der Waals surface area contributed by atoms with Crippen LogP contribution >= 0.6 is 23.1 Å². The van der Waals surface area contributed by atoms with Gasteiger partial charge in [0.1, 0.15) is 9.71 Å². The van der Waals surface area contributed by atoms with Crippen LogP contribution in [0.1, 0.15) is 46.1 Å². The van der Waals surface area contributed by atoms with Crippen molar-refractivity contribution in [3.8, 4) is 0 Å². The average Bonchev–Trinajstić information content (AvgIpc) is 3.38. The number of nitrogens with zero attached hydrogens (tertiary/aromatic N) is 2. The number of aromatic nitrogens is 2. The Hall–Kier alpha value is -2.16. The summed E-state index contributed by atoms with van der Waals surface area (Å²) >= 11 is 2.78. The van der Waals surface area contributed by atoms with E-state index in [1.165, 1.54) is 22.5 Å². The van der Waals surface area contributed by atoms with Crippen LogP contribution in [-0.4, -0.2) is 34.8 Å². The monoisotopic (exact) mass is 458 g/mol. The predicted molar refractivity (Wildman–Crippen MR) is 124 cm³/mol. The zero-order valence-electron chi connectivity index (χ0n) is 18.0. The lowest BCUT2D eigenvalue weighted by Crippen LogP contribution is -2.28. The van der Waals surface area contributed by atoms with Gasteiger partial charge in [0.15, 0.2) is 5.16 Å². The van der Waals surface area contributed by atoms with Crippen LogP contribution in [0.15, 0.2) is 34.2 Å². The van der Waals surface area contributed by atoms with Gasteiger partial charge in [-0.2, -0.15) is 0 Å². The zero-order chi connectivity index (χ0) is 22.0. The number of rotatable bonds is 7. The van der Waals surface area contributed by atoms with Crippen molar-refractivity contribution in [3.63, 3.8) is 0 Å². The number of carbonyl (C=O) groups excluding carboxylic acids is 1. The molecule has 0 aliphatic carbocycles. The summed E-state index contributed by atoms with van der Waals surface area (Å²) in [4.78, 5) is 31.8. The molecule has 0 spiro atoms. The van der Waals surface area contributed by atoms with E-state index in [0.717, 1.165) is 19.4 Å². The molecule has 164 valence electrons. The van der Waals surface area contributed by atoms with Gasteiger partial charge >= 0.3 is 5.97 Å². The van der Waals surface area contributed by atoms with Gasteiger partial charge in [0, 0.05) is 12.4 Å². The third-order valence-corrected chi connectivity index (χ3v) is 7.70. The van der Waals surface area contributed by atoms with E-state index in [9.17, 15) is 9.59 Å². The fourth-order valence-corrected chi connectivity index (χ4v) is 5.97. The van der Waals surface area contributed by atoms with Gasteiger partial charge in [-0.15, -0.1) is 11.3 Å². The molecular formula is C23H26N2O4S2. The molecule has 0 amide bonds. The highest BCUT2D eigenvalue weighted by molar-refractivity contribution is 7.98. The summed E-state index contributed by atoms with van der Waals surface area (Å²) in [7, 11) is 0. The average molecular weight is 459 g/mol. The first-order valence-electron chi connectivity index (χ1n) is 10.5. The van der Waals surface area contributed by atoms with Gasteiger partial charge in [0.25, 0.3) is 5.56 Å². The molecule has 2 aromatic heterocycles. The SMILES string of the molecule is CCOC(=O)c1sc2nc(SCc3ccccc3C)n(C[C@@H]3CCCO3)c(=O)c2c1C. The molecule has 3 aromatic rings. The van der Waals surface area contributed by atoms with Crippen molar-refractivity contribution in [3.05, 3.63) is 56.2 Å². The molecule has 1 aliphatic heterocycles. The van der Waals surface area contributed by atoms with Crippen LogP contribution in [0.2, 0.25) is 0 Å². The maximum absolute atomic E-state index is 13.5. The van der Waals surface area contributed by atoms with Crippen LogP contribution in [0, 0.1) is 13.8 Å². The maximum Gasteiger partial charge on any atom is 0.348 e. The summed E-state index contributed by atoms with van der Waals surface area (Å²) < 4.78 is 12.7. The fourth-order valence-electron chi connectivity index (χ4n) is 3.77. The molecule has 4 rings (SSSR count). The van der Waals surface area contributed by atoms with Gasteiger partial charge in [0.05, 0.1) is 24.6 Å². The third-order valence-electron chi connectivity index (χ3n) is 5.50. The van der Waals surface area contributed by atoms with Crippen LogP contribution in [0.4, 0.5) is 0 Å². The summed E-state index contributed by atoms with van der Waals surface area (Å²) in [5.74, 6) is 0.313. The topological polar surface area (TPSA) is 70.4 Å². The van der Waals surface area contributed by atoms with Gasteiger partial charge in [-0.1, -0.05) is 36.0 Å². The summed E-state index contributed by atoms with van der Waals surface area (Å²) in [5.41, 5.74) is 2.95. The number of carbonyl (C=O) groups is 1. The Morgan fingerprint density at radius 3 is 2.87 bits per heavy atom. The van der Waals surface area contributed by atoms with E-state index in [1.54, 1.807) is 30.2 Å². The number of thiophene rings is 1. The predicted octanol–water partition coefficient (Wildman–Crippen LogP) is 4.72.